The lowest BCUT2D eigenvalue weighted by Gasteiger charge is -2.34. The number of hydrogen-bond acceptors (Lipinski definition) is 5. The summed E-state index contributed by atoms with van der Waals surface area (Å²) in [5.41, 5.74) is 0. The van der Waals surface area contributed by atoms with Crippen molar-refractivity contribution in [1.29, 1.82) is 0 Å². The van der Waals surface area contributed by atoms with E-state index in [1.54, 1.807) is 6.07 Å². The molecule has 1 N–H and O–H groups in total. The van der Waals surface area contributed by atoms with Gasteiger partial charge < -0.3 is 14.8 Å². The average molecular weight is 319 g/mol. The molecule has 0 radical (unpaired) electrons. The molecule has 122 valence electrons. The van der Waals surface area contributed by atoms with E-state index in [1.807, 2.05) is 0 Å². The number of methoxy groups -OCH3 is 1. The average Bonchev–Trinajstić information content (AvgIpc) is 2.46. The molecular weight excluding hydrogens is 303 g/mol. The largest absolute Gasteiger partial charge is 0.497 e. The molecule has 1 fully saturated rings. The fraction of sp³-hybridized carbons (Fsp3) is 0.538. The fourth-order valence-electron chi connectivity index (χ4n) is 2.12. The zero-order valence-corrected chi connectivity index (χ0v) is 11.9. The van der Waals surface area contributed by atoms with Crippen molar-refractivity contribution in [1.82, 2.24) is 9.88 Å². The van der Waals surface area contributed by atoms with E-state index in [2.05, 4.69) is 10.3 Å². The van der Waals surface area contributed by atoms with Gasteiger partial charge in [-0.25, -0.2) is 4.98 Å². The van der Waals surface area contributed by atoms with E-state index in [0.717, 1.165) is 4.90 Å². The van der Waals surface area contributed by atoms with E-state index in [4.69, 9.17) is 9.47 Å². The minimum absolute atomic E-state index is 0.0448. The highest BCUT2D eigenvalue weighted by atomic mass is 19.4. The lowest BCUT2D eigenvalue weighted by atomic mass is 10.2. The van der Waals surface area contributed by atoms with Crippen LogP contribution in [0.3, 0.4) is 0 Å². The third-order valence-electron chi connectivity index (χ3n) is 3.14. The molecule has 0 saturated carbocycles. The second-order valence-corrected chi connectivity index (χ2v) is 4.75. The maximum Gasteiger partial charge on any atom is 0.401 e. The van der Waals surface area contributed by atoms with Crippen LogP contribution in [0.1, 0.15) is 0 Å². The van der Waals surface area contributed by atoms with Crippen LogP contribution in [0.25, 0.3) is 0 Å². The Morgan fingerprint density at radius 3 is 3.05 bits per heavy atom. The first-order valence-electron chi connectivity index (χ1n) is 6.58. The molecule has 22 heavy (non-hydrogen) atoms. The fourth-order valence-corrected chi connectivity index (χ4v) is 2.12. The number of alkyl halides is 3. The van der Waals surface area contributed by atoms with Gasteiger partial charge in [-0.2, -0.15) is 13.2 Å². The second kappa shape index (κ2) is 6.93. The van der Waals surface area contributed by atoms with Crippen LogP contribution in [0.2, 0.25) is 0 Å². The van der Waals surface area contributed by atoms with Crippen LogP contribution in [0.15, 0.2) is 18.3 Å². The summed E-state index contributed by atoms with van der Waals surface area (Å²) in [5.74, 6) is 0.101. The quantitative estimate of drug-likeness (QED) is 0.906. The van der Waals surface area contributed by atoms with Gasteiger partial charge >= 0.3 is 6.18 Å². The van der Waals surface area contributed by atoms with Crippen molar-refractivity contribution in [3.05, 3.63) is 18.3 Å². The van der Waals surface area contributed by atoms with Gasteiger partial charge in [0.15, 0.2) is 0 Å². The topological polar surface area (TPSA) is 63.7 Å². The minimum Gasteiger partial charge on any atom is -0.497 e. The molecule has 6 nitrogen and oxygen atoms in total. The van der Waals surface area contributed by atoms with E-state index in [-0.39, 0.29) is 25.6 Å². The number of morpholine rings is 1. The SMILES string of the molecule is COc1ccnc(NC(=O)C2COCCN2CC(F)(F)F)c1. The molecule has 2 heterocycles. The number of ether oxygens (including phenoxy) is 2. The molecule has 1 aliphatic heterocycles. The maximum absolute atomic E-state index is 12.6. The molecule has 1 atom stereocenters. The molecule has 0 aromatic carbocycles. The van der Waals surface area contributed by atoms with Gasteiger partial charge in [0.25, 0.3) is 0 Å². The summed E-state index contributed by atoms with van der Waals surface area (Å²) in [6, 6.07) is 2.06. The van der Waals surface area contributed by atoms with Gasteiger partial charge in [-0.1, -0.05) is 0 Å². The molecule has 9 heteroatoms. The first-order valence-corrected chi connectivity index (χ1v) is 6.58. The lowest BCUT2D eigenvalue weighted by Crippen LogP contribution is -2.54. The van der Waals surface area contributed by atoms with Gasteiger partial charge in [0.05, 0.1) is 26.9 Å². The van der Waals surface area contributed by atoms with Crippen molar-refractivity contribution in [3.8, 4) is 5.75 Å². The molecule has 1 saturated heterocycles. The Hall–Kier alpha value is -1.87. The molecule has 0 aliphatic carbocycles. The summed E-state index contributed by atoms with van der Waals surface area (Å²) < 4.78 is 47.8. The number of pyridine rings is 1. The van der Waals surface area contributed by atoms with Crippen molar-refractivity contribution in [2.24, 2.45) is 0 Å². The van der Waals surface area contributed by atoms with E-state index >= 15 is 0 Å². The molecule has 0 bridgehead atoms. The Bertz CT molecular complexity index is 525. The number of amides is 1. The predicted molar refractivity (Wildman–Crippen MR) is 71.7 cm³/mol. The number of carbonyl (C=O) groups is 1. The van der Waals surface area contributed by atoms with E-state index in [9.17, 15) is 18.0 Å². The normalized spacial score (nSPS) is 19.7. The Labute approximate surface area is 125 Å². The Balaban J connectivity index is 2.05. The highest BCUT2D eigenvalue weighted by Gasteiger charge is 2.38. The monoisotopic (exact) mass is 319 g/mol. The van der Waals surface area contributed by atoms with Crippen molar-refractivity contribution in [3.63, 3.8) is 0 Å². The summed E-state index contributed by atoms with van der Waals surface area (Å²) in [7, 11) is 1.46. The third kappa shape index (κ3) is 4.57. The van der Waals surface area contributed by atoms with Gasteiger partial charge in [-0.05, 0) is 6.07 Å². The van der Waals surface area contributed by atoms with Gasteiger partial charge in [0.1, 0.15) is 17.6 Å². The first kappa shape index (κ1) is 16.5. The number of anilines is 1. The predicted octanol–water partition coefficient (Wildman–Crippen LogP) is 1.29. The third-order valence-corrected chi connectivity index (χ3v) is 3.14. The van der Waals surface area contributed by atoms with E-state index in [0.29, 0.717) is 5.75 Å². The summed E-state index contributed by atoms with van der Waals surface area (Å²) in [6.07, 6.45) is -2.94. The standard InChI is InChI=1S/C13H16F3N3O3/c1-21-9-2-3-17-11(6-9)18-12(20)10-7-22-5-4-19(10)8-13(14,15)16/h2-3,6,10H,4-5,7-8H2,1H3,(H,17,18,20). The van der Waals surface area contributed by atoms with Crippen LogP contribution in [0, 0.1) is 0 Å². The van der Waals surface area contributed by atoms with Crippen molar-refractivity contribution in [2.75, 3.05) is 38.7 Å². The van der Waals surface area contributed by atoms with Crippen molar-refractivity contribution in [2.45, 2.75) is 12.2 Å². The van der Waals surface area contributed by atoms with E-state index < -0.39 is 24.7 Å². The number of halogens is 3. The summed E-state index contributed by atoms with van der Waals surface area (Å²) in [4.78, 5) is 17.2. The first-order chi connectivity index (χ1) is 10.4. The molecule has 1 aliphatic rings. The smallest absolute Gasteiger partial charge is 0.401 e. The number of nitrogens with one attached hydrogen (secondary N) is 1. The van der Waals surface area contributed by atoms with Gasteiger partial charge in [0.2, 0.25) is 5.91 Å². The van der Waals surface area contributed by atoms with Crippen LogP contribution < -0.4 is 10.1 Å². The summed E-state index contributed by atoms with van der Waals surface area (Å²) in [6.45, 7) is -1.04. The van der Waals surface area contributed by atoms with Crippen molar-refractivity contribution < 1.29 is 27.4 Å². The van der Waals surface area contributed by atoms with Crippen LogP contribution in [0.4, 0.5) is 19.0 Å². The molecule has 1 amide bonds. The summed E-state index contributed by atoms with van der Waals surface area (Å²) >= 11 is 0. The molecule has 1 unspecified atom stereocenters. The molecule has 0 spiro atoms. The minimum atomic E-state index is -4.37. The second-order valence-electron chi connectivity index (χ2n) is 4.75. The maximum atomic E-state index is 12.6. The molecular formula is C13H16F3N3O3. The number of carbonyl (C=O) groups excluding carboxylic acids is 1. The van der Waals surface area contributed by atoms with Crippen LogP contribution in [-0.2, 0) is 9.53 Å². The zero-order valence-electron chi connectivity index (χ0n) is 11.9. The number of aromatic nitrogens is 1. The Morgan fingerprint density at radius 1 is 1.59 bits per heavy atom. The van der Waals surface area contributed by atoms with Crippen LogP contribution >= 0.6 is 0 Å². The zero-order chi connectivity index (χ0) is 16.2. The highest BCUT2D eigenvalue weighted by molar-refractivity contribution is 5.94. The molecule has 1 aromatic rings. The number of nitrogens with zero attached hydrogens (tertiary/aromatic N) is 2. The Morgan fingerprint density at radius 2 is 2.36 bits per heavy atom. The summed E-state index contributed by atoms with van der Waals surface area (Å²) in [5, 5.41) is 2.48. The molecule has 2 rings (SSSR count). The van der Waals surface area contributed by atoms with E-state index in [1.165, 1.54) is 19.4 Å². The molecule has 1 aromatic heterocycles. The van der Waals surface area contributed by atoms with Gasteiger partial charge in [-0.15, -0.1) is 0 Å². The highest BCUT2D eigenvalue weighted by Crippen LogP contribution is 2.21. The van der Waals surface area contributed by atoms with Crippen LogP contribution in [0.5, 0.6) is 5.75 Å². The lowest BCUT2D eigenvalue weighted by molar-refractivity contribution is -0.165. The van der Waals surface area contributed by atoms with Gasteiger partial charge in [0, 0.05) is 18.8 Å². The Kier molecular flexibility index (Phi) is 5.19. The van der Waals surface area contributed by atoms with Crippen LogP contribution in [-0.4, -0.2) is 61.4 Å². The number of rotatable bonds is 4. The van der Waals surface area contributed by atoms with Crippen molar-refractivity contribution >= 4 is 11.7 Å². The number of hydrogen-bond donors (Lipinski definition) is 1. The van der Waals surface area contributed by atoms with Gasteiger partial charge in [-0.3, -0.25) is 9.69 Å².